The highest BCUT2D eigenvalue weighted by atomic mass is 19.1. The van der Waals surface area contributed by atoms with Crippen LogP contribution < -0.4 is 21.9 Å². The van der Waals surface area contributed by atoms with Gasteiger partial charge in [-0.3, -0.25) is 10.2 Å². The normalized spacial score (nSPS) is 20.1. The van der Waals surface area contributed by atoms with Gasteiger partial charge in [-0.25, -0.2) is 14.8 Å². The second kappa shape index (κ2) is 7.95. The number of carbonyl (C=O) groups is 1. The van der Waals surface area contributed by atoms with Crippen LogP contribution in [0, 0.1) is 5.82 Å². The predicted molar refractivity (Wildman–Crippen MR) is 90.3 cm³/mol. The van der Waals surface area contributed by atoms with Gasteiger partial charge in [-0.05, 0) is 25.0 Å². The average Bonchev–Trinajstić information content (AvgIpc) is 2.63. The number of carbonyl (C=O) groups excluding carboxylic acids is 1. The van der Waals surface area contributed by atoms with Crippen molar-refractivity contribution in [2.45, 2.75) is 37.8 Å². The van der Waals surface area contributed by atoms with Crippen LogP contribution in [0.1, 0.15) is 36.0 Å². The molecule has 1 fully saturated rings. The summed E-state index contributed by atoms with van der Waals surface area (Å²) in [4.78, 5) is 16.4. The summed E-state index contributed by atoms with van der Waals surface area (Å²) < 4.78 is 13.6. The van der Waals surface area contributed by atoms with E-state index in [1.165, 1.54) is 12.4 Å². The summed E-state index contributed by atoms with van der Waals surface area (Å²) in [5, 5.41) is 10.3. The maximum Gasteiger partial charge on any atom is 0.269 e. The average molecular weight is 345 g/mol. The van der Waals surface area contributed by atoms with E-state index < -0.39 is 11.7 Å². The van der Waals surface area contributed by atoms with E-state index in [1.54, 1.807) is 6.07 Å². The van der Waals surface area contributed by atoms with Gasteiger partial charge < -0.3 is 11.1 Å². The molecule has 1 amide bonds. The van der Waals surface area contributed by atoms with Crippen molar-refractivity contribution in [3.05, 3.63) is 42.1 Å². The van der Waals surface area contributed by atoms with Crippen LogP contribution in [0.25, 0.3) is 0 Å². The molecular formula is C16H20FN7O. The fraction of sp³-hybridized carbons (Fsp3) is 0.375. The highest BCUT2D eigenvalue weighted by Crippen LogP contribution is 2.19. The van der Waals surface area contributed by atoms with Crippen molar-refractivity contribution >= 4 is 17.4 Å². The zero-order chi connectivity index (χ0) is 17.6. The Morgan fingerprint density at radius 1 is 1.24 bits per heavy atom. The van der Waals surface area contributed by atoms with Gasteiger partial charge in [0.05, 0.1) is 29.8 Å². The van der Waals surface area contributed by atoms with Gasteiger partial charge in [-0.1, -0.05) is 12.8 Å². The van der Waals surface area contributed by atoms with Crippen LogP contribution >= 0.6 is 0 Å². The molecular weight excluding hydrogens is 325 g/mol. The van der Waals surface area contributed by atoms with E-state index in [-0.39, 0.29) is 23.5 Å². The van der Waals surface area contributed by atoms with Crippen molar-refractivity contribution in [1.29, 1.82) is 0 Å². The lowest BCUT2D eigenvalue weighted by Crippen LogP contribution is -2.53. The van der Waals surface area contributed by atoms with Crippen molar-refractivity contribution in [2.24, 2.45) is 5.73 Å². The number of hydrazine groups is 1. The fourth-order valence-electron chi connectivity index (χ4n) is 2.78. The Bertz CT molecular complexity index is 728. The SMILES string of the molecule is N[C@H]1CCCC[C@H]1NNC(=O)c1cc(F)cnc1Nc1ccnnc1. The second-order valence-corrected chi connectivity index (χ2v) is 5.96. The molecule has 2 atom stereocenters. The summed E-state index contributed by atoms with van der Waals surface area (Å²) in [6.45, 7) is 0. The zero-order valence-electron chi connectivity index (χ0n) is 13.6. The zero-order valence-corrected chi connectivity index (χ0v) is 13.6. The summed E-state index contributed by atoms with van der Waals surface area (Å²) >= 11 is 0. The van der Waals surface area contributed by atoms with Crippen LogP contribution in [-0.2, 0) is 0 Å². The molecule has 132 valence electrons. The van der Waals surface area contributed by atoms with Gasteiger partial charge in [0.25, 0.3) is 5.91 Å². The van der Waals surface area contributed by atoms with Gasteiger partial charge in [0.2, 0.25) is 0 Å². The maximum atomic E-state index is 13.6. The maximum absolute atomic E-state index is 13.6. The summed E-state index contributed by atoms with van der Waals surface area (Å²) in [6, 6.07) is 2.78. The quantitative estimate of drug-likeness (QED) is 0.603. The van der Waals surface area contributed by atoms with Crippen LogP contribution in [0.5, 0.6) is 0 Å². The highest BCUT2D eigenvalue weighted by Gasteiger charge is 2.23. The van der Waals surface area contributed by atoms with Gasteiger partial charge in [0, 0.05) is 12.1 Å². The minimum absolute atomic E-state index is 0.0000234. The fourth-order valence-corrected chi connectivity index (χ4v) is 2.78. The molecule has 1 aliphatic carbocycles. The third-order valence-electron chi connectivity index (χ3n) is 4.14. The van der Waals surface area contributed by atoms with E-state index in [2.05, 4.69) is 31.3 Å². The van der Waals surface area contributed by atoms with Crippen molar-refractivity contribution in [2.75, 3.05) is 5.32 Å². The molecule has 3 rings (SSSR count). The van der Waals surface area contributed by atoms with Gasteiger partial charge in [-0.15, -0.1) is 0 Å². The van der Waals surface area contributed by atoms with Crippen LogP contribution in [0.15, 0.2) is 30.7 Å². The molecule has 0 spiro atoms. The highest BCUT2D eigenvalue weighted by molar-refractivity contribution is 5.99. The van der Waals surface area contributed by atoms with Crippen molar-refractivity contribution in [3.63, 3.8) is 0 Å². The largest absolute Gasteiger partial charge is 0.338 e. The van der Waals surface area contributed by atoms with E-state index in [4.69, 9.17) is 5.73 Å². The van der Waals surface area contributed by atoms with E-state index in [0.717, 1.165) is 37.9 Å². The number of nitrogens with one attached hydrogen (secondary N) is 3. The molecule has 5 N–H and O–H groups in total. The number of anilines is 2. The van der Waals surface area contributed by atoms with E-state index in [1.807, 2.05) is 0 Å². The Labute approximate surface area is 144 Å². The molecule has 9 heteroatoms. The topological polar surface area (TPSA) is 118 Å². The molecule has 2 aromatic rings. The molecule has 1 saturated carbocycles. The van der Waals surface area contributed by atoms with Crippen LogP contribution in [-0.4, -0.2) is 33.2 Å². The first-order valence-corrected chi connectivity index (χ1v) is 8.14. The third-order valence-corrected chi connectivity index (χ3v) is 4.14. The van der Waals surface area contributed by atoms with Crippen LogP contribution in [0.4, 0.5) is 15.9 Å². The Morgan fingerprint density at radius 3 is 2.84 bits per heavy atom. The molecule has 2 heterocycles. The number of aromatic nitrogens is 3. The summed E-state index contributed by atoms with van der Waals surface area (Å²) in [5.74, 6) is -0.867. The van der Waals surface area contributed by atoms with Gasteiger partial charge in [0.1, 0.15) is 11.6 Å². The number of hydrogen-bond acceptors (Lipinski definition) is 7. The monoisotopic (exact) mass is 345 g/mol. The van der Waals surface area contributed by atoms with Crippen molar-refractivity contribution < 1.29 is 9.18 Å². The first-order chi connectivity index (χ1) is 12.1. The number of amides is 1. The number of nitrogens with zero attached hydrogens (tertiary/aromatic N) is 3. The lowest BCUT2D eigenvalue weighted by atomic mass is 9.91. The van der Waals surface area contributed by atoms with Gasteiger partial charge in [-0.2, -0.15) is 10.2 Å². The lowest BCUT2D eigenvalue weighted by Gasteiger charge is -2.29. The van der Waals surface area contributed by atoms with E-state index >= 15 is 0 Å². The van der Waals surface area contributed by atoms with Crippen LogP contribution in [0.3, 0.4) is 0 Å². The minimum atomic E-state index is -0.599. The van der Waals surface area contributed by atoms with E-state index in [0.29, 0.717) is 5.69 Å². The minimum Gasteiger partial charge on any atom is -0.338 e. The number of nitrogens with two attached hydrogens (primary N) is 1. The Balaban J connectivity index is 1.71. The molecule has 0 aromatic carbocycles. The molecule has 2 aromatic heterocycles. The van der Waals surface area contributed by atoms with Gasteiger partial charge >= 0.3 is 0 Å². The molecule has 1 aliphatic rings. The number of pyridine rings is 1. The Morgan fingerprint density at radius 2 is 2.08 bits per heavy atom. The summed E-state index contributed by atoms with van der Waals surface area (Å²) in [6.07, 6.45) is 7.97. The molecule has 8 nitrogen and oxygen atoms in total. The summed E-state index contributed by atoms with van der Waals surface area (Å²) in [5.41, 5.74) is 12.3. The molecule has 0 saturated heterocycles. The number of halogens is 1. The first-order valence-electron chi connectivity index (χ1n) is 8.14. The molecule has 25 heavy (non-hydrogen) atoms. The van der Waals surface area contributed by atoms with E-state index in [9.17, 15) is 9.18 Å². The predicted octanol–water partition coefficient (Wildman–Crippen LogP) is 1.26. The van der Waals surface area contributed by atoms with Crippen LogP contribution in [0.2, 0.25) is 0 Å². The van der Waals surface area contributed by atoms with Gasteiger partial charge in [0.15, 0.2) is 0 Å². The Hall–Kier alpha value is -2.65. The van der Waals surface area contributed by atoms with Crippen molar-refractivity contribution in [3.8, 4) is 0 Å². The summed E-state index contributed by atoms with van der Waals surface area (Å²) in [7, 11) is 0. The first kappa shape index (κ1) is 17.2. The third kappa shape index (κ3) is 4.46. The molecule has 0 aliphatic heterocycles. The lowest BCUT2D eigenvalue weighted by molar-refractivity contribution is 0.0917. The standard InChI is InChI=1S/C16H20FN7O/c17-10-7-12(15(19-8-10)22-11-5-6-20-21-9-11)16(25)24-23-14-4-2-1-3-13(14)18/h5-9,13-14,23H,1-4,18H2,(H,24,25)(H,19,20,22)/t13-,14+/m0/s1. The molecule has 0 radical (unpaired) electrons. The Kier molecular flexibility index (Phi) is 5.46. The molecule has 0 bridgehead atoms. The molecule has 0 unspecified atom stereocenters. The van der Waals surface area contributed by atoms with Crippen molar-refractivity contribution in [1.82, 2.24) is 26.0 Å². The number of rotatable bonds is 5. The number of hydrogen-bond donors (Lipinski definition) is 4. The smallest absolute Gasteiger partial charge is 0.269 e. The second-order valence-electron chi connectivity index (χ2n) is 5.96.